The van der Waals surface area contributed by atoms with Crippen molar-refractivity contribution in [3.8, 4) is 0 Å². The van der Waals surface area contributed by atoms with Crippen molar-refractivity contribution in [2.75, 3.05) is 11.1 Å². The summed E-state index contributed by atoms with van der Waals surface area (Å²) in [7, 11) is 0. The van der Waals surface area contributed by atoms with Gasteiger partial charge in [0.1, 0.15) is 40.8 Å². The Morgan fingerprint density at radius 3 is 2.85 bits per heavy atom. The zero-order valence-electron chi connectivity index (χ0n) is 18.4. The van der Waals surface area contributed by atoms with Crippen molar-refractivity contribution >= 4 is 61.3 Å². The number of halogens is 1. The van der Waals surface area contributed by atoms with Crippen molar-refractivity contribution in [3.63, 3.8) is 0 Å². The molecule has 3 N–H and O–H groups in total. The van der Waals surface area contributed by atoms with E-state index in [1.54, 1.807) is 4.90 Å². The Hall–Kier alpha value is -3.53. The van der Waals surface area contributed by atoms with Gasteiger partial charge in [-0.05, 0) is 59.3 Å². The third-order valence-electron chi connectivity index (χ3n) is 6.87. The van der Waals surface area contributed by atoms with Gasteiger partial charge in [-0.2, -0.15) is 0 Å². The molecule has 1 saturated carbocycles. The fourth-order valence-corrected chi connectivity index (χ4v) is 5.45. The molecular weight excluding hydrogens is 498 g/mol. The van der Waals surface area contributed by atoms with E-state index in [4.69, 9.17) is 5.73 Å². The number of anilines is 2. The van der Waals surface area contributed by atoms with Gasteiger partial charge in [-0.3, -0.25) is 9.59 Å². The lowest BCUT2D eigenvalue weighted by molar-refractivity contribution is -0.138. The SMILES string of the molecule is Cc1ccc(Br)nc1NC(=O)[C@@H]1CC2C[C@H]2N1C(=O)Cn1c2ccccc2c2c(N)ncnc21. The summed E-state index contributed by atoms with van der Waals surface area (Å²) >= 11 is 3.35. The Kier molecular flexibility index (Phi) is 4.80. The van der Waals surface area contributed by atoms with Crippen LogP contribution in [-0.4, -0.2) is 48.3 Å². The van der Waals surface area contributed by atoms with Crippen LogP contribution in [0.1, 0.15) is 18.4 Å². The number of nitrogens with zero attached hydrogens (tertiary/aromatic N) is 5. The summed E-state index contributed by atoms with van der Waals surface area (Å²) in [5.74, 6) is 0.936. The number of pyridine rings is 1. The molecule has 1 aliphatic heterocycles. The topological polar surface area (TPSA) is 119 Å². The van der Waals surface area contributed by atoms with Crippen LogP contribution in [0.2, 0.25) is 0 Å². The number of hydrogen-bond acceptors (Lipinski definition) is 6. The number of nitrogens with one attached hydrogen (secondary N) is 1. The first-order valence-corrected chi connectivity index (χ1v) is 11.9. The Labute approximate surface area is 203 Å². The van der Waals surface area contributed by atoms with Gasteiger partial charge in [-0.1, -0.05) is 24.3 Å². The van der Waals surface area contributed by atoms with E-state index in [0.717, 1.165) is 28.3 Å². The first-order chi connectivity index (χ1) is 16.4. The monoisotopic (exact) mass is 519 g/mol. The lowest BCUT2D eigenvalue weighted by atomic mass is 10.1. The van der Waals surface area contributed by atoms with Crippen molar-refractivity contribution in [3.05, 3.63) is 52.9 Å². The lowest BCUT2D eigenvalue weighted by Gasteiger charge is -2.27. The number of fused-ring (bicyclic) bond motifs is 4. The summed E-state index contributed by atoms with van der Waals surface area (Å²) in [6.45, 7) is 1.96. The number of amides is 2. The van der Waals surface area contributed by atoms with Crippen molar-refractivity contribution in [2.24, 2.45) is 5.92 Å². The first-order valence-electron chi connectivity index (χ1n) is 11.1. The molecule has 34 heavy (non-hydrogen) atoms. The number of aryl methyl sites for hydroxylation is 1. The number of piperidine rings is 1. The molecule has 172 valence electrons. The molecule has 0 bridgehead atoms. The van der Waals surface area contributed by atoms with Crippen LogP contribution in [-0.2, 0) is 16.1 Å². The maximum Gasteiger partial charge on any atom is 0.248 e. The molecule has 3 aromatic heterocycles. The van der Waals surface area contributed by atoms with Gasteiger partial charge < -0.3 is 20.5 Å². The van der Waals surface area contributed by atoms with E-state index in [1.165, 1.54) is 6.33 Å². The van der Waals surface area contributed by atoms with Gasteiger partial charge in [0.25, 0.3) is 0 Å². The minimum atomic E-state index is -0.524. The molecule has 9 nitrogen and oxygen atoms in total. The number of carbonyl (C=O) groups is 2. The number of carbonyl (C=O) groups excluding carboxylic acids is 2. The van der Waals surface area contributed by atoms with Crippen LogP contribution in [0.4, 0.5) is 11.6 Å². The summed E-state index contributed by atoms with van der Waals surface area (Å²) in [5, 5.41) is 4.57. The molecule has 2 amide bonds. The third kappa shape index (κ3) is 3.32. The smallest absolute Gasteiger partial charge is 0.248 e. The molecular formula is C24H22BrN7O2. The molecule has 2 aliphatic rings. The normalized spacial score (nSPS) is 21.1. The highest BCUT2D eigenvalue weighted by Gasteiger charge is 2.56. The molecule has 0 radical (unpaired) electrons. The molecule has 1 aliphatic carbocycles. The largest absolute Gasteiger partial charge is 0.383 e. The van der Waals surface area contributed by atoms with Gasteiger partial charge in [0.05, 0.1) is 10.9 Å². The second kappa shape index (κ2) is 7.76. The predicted molar refractivity (Wildman–Crippen MR) is 132 cm³/mol. The van der Waals surface area contributed by atoms with Crippen LogP contribution in [0.5, 0.6) is 0 Å². The summed E-state index contributed by atoms with van der Waals surface area (Å²) in [4.78, 5) is 41.6. The van der Waals surface area contributed by atoms with Crippen LogP contribution in [0.15, 0.2) is 47.3 Å². The van der Waals surface area contributed by atoms with E-state index < -0.39 is 6.04 Å². The van der Waals surface area contributed by atoms with Gasteiger partial charge in [-0.25, -0.2) is 15.0 Å². The standard InChI is InChI=1S/C24H22BrN7O2/c1-12-6-7-18(25)29-22(12)30-24(34)17-9-13-8-16(13)32(17)19(33)10-31-15-5-3-2-4-14(15)20-21(26)27-11-28-23(20)31/h2-7,11,13,16-17H,8-10H2,1H3,(H2,26,27,28)(H,29,30,34)/t13?,16-,17+/m1/s1. The Bertz CT molecular complexity index is 1480. The second-order valence-corrected chi connectivity index (χ2v) is 9.78. The van der Waals surface area contributed by atoms with Crippen molar-refractivity contribution in [1.29, 1.82) is 0 Å². The van der Waals surface area contributed by atoms with E-state index in [0.29, 0.717) is 34.2 Å². The number of likely N-dealkylation sites (tertiary alicyclic amines) is 1. The summed E-state index contributed by atoms with van der Waals surface area (Å²) < 4.78 is 2.51. The summed E-state index contributed by atoms with van der Waals surface area (Å²) in [6.07, 6.45) is 3.01. The maximum absolute atomic E-state index is 13.6. The Balaban J connectivity index is 1.31. The number of nitrogen functional groups attached to an aromatic ring is 1. The number of para-hydroxylation sites is 1. The van der Waals surface area contributed by atoms with Gasteiger partial charge in [0.2, 0.25) is 11.8 Å². The van der Waals surface area contributed by atoms with Gasteiger partial charge in [0.15, 0.2) is 0 Å². The van der Waals surface area contributed by atoms with Crippen molar-refractivity contribution in [2.45, 2.75) is 38.4 Å². The maximum atomic E-state index is 13.6. The predicted octanol–water partition coefficient (Wildman–Crippen LogP) is 3.26. The molecule has 4 aromatic rings. The lowest BCUT2D eigenvalue weighted by Crippen LogP contribution is -2.46. The van der Waals surface area contributed by atoms with Crippen LogP contribution >= 0.6 is 15.9 Å². The highest BCUT2D eigenvalue weighted by molar-refractivity contribution is 9.10. The molecule has 3 atom stereocenters. The van der Waals surface area contributed by atoms with Gasteiger partial charge in [0, 0.05) is 11.4 Å². The molecule has 0 spiro atoms. The van der Waals surface area contributed by atoms with E-state index >= 15 is 0 Å². The molecule has 1 saturated heterocycles. The van der Waals surface area contributed by atoms with Crippen molar-refractivity contribution < 1.29 is 9.59 Å². The molecule has 1 aromatic carbocycles. The fourth-order valence-electron chi connectivity index (χ4n) is 5.14. The minimum Gasteiger partial charge on any atom is -0.383 e. The molecule has 4 heterocycles. The molecule has 1 unspecified atom stereocenters. The number of benzene rings is 1. The summed E-state index contributed by atoms with van der Waals surface area (Å²) in [6, 6.07) is 11.0. The summed E-state index contributed by atoms with van der Waals surface area (Å²) in [5.41, 5.74) is 8.49. The fraction of sp³-hybridized carbons (Fsp3) is 0.292. The third-order valence-corrected chi connectivity index (χ3v) is 7.31. The van der Waals surface area contributed by atoms with Crippen LogP contribution in [0, 0.1) is 12.8 Å². The number of rotatable bonds is 4. The van der Waals surface area contributed by atoms with Crippen LogP contribution < -0.4 is 11.1 Å². The van der Waals surface area contributed by atoms with Crippen LogP contribution in [0.25, 0.3) is 21.9 Å². The first kappa shape index (κ1) is 21.0. The Morgan fingerprint density at radius 2 is 2.00 bits per heavy atom. The second-order valence-electron chi connectivity index (χ2n) is 8.97. The van der Waals surface area contributed by atoms with Gasteiger partial charge in [-0.15, -0.1) is 0 Å². The average Bonchev–Trinajstić information content (AvgIpc) is 3.36. The number of aromatic nitrogens is 4. The van der Waals surface area contributed by atoms with Crippen molar-refractivity contribution in [1.82, 2.24) is 24.4 Å². The van der Waals surface area contributed by atoms with E-state index in [9.17, 15) is 9.59 Å². The highest BCUT2D eigenvalue weighted by Crippen LogP contribution is 2.48. The zero-order valence-corrected chi connectivity index (χ0v) is 20.0. The molecule has 6 rings (SSSR count). The quantitative estimate of drug-likeness (QED) is 0.399. The zero-order chi connectivity index (χ0) is 23.6. The van der Waals surface area contributed by atoms with Crippen LogP contribution in [0.3, 0.4) is 0 Å². The average molecular weight is 520 g/mol. The van der Waals surface area contributed by atoms with Gasteiger partial charge >= 0.3 is 0 Å². The molecule has 10 heteroatoms. The van der Waals surface area contributed by atoms with E-state index in [2.05, 4.69) is 36.2 Å². The Morgan fingerprint density at radius 1 is 1.18 bits per heavy atom. The number of nitrogens with two attached hydrogens (primary N) is 1. The minimum absolute atomic E-state index is 0.0711. The van der Waals surface area contributed by atoms with E-state index in [-0.39, 0.29) is 24.4 Å². The molecule has 2 fully saturated rings. The van der Waals surface area contributed by atoms with E-state index in [1.807, 2.05) is 47.9 Å². The highest BCUT2D eigenvalue weighted by atomic mass is 79.9. The number of hydrogen-bond donors (Lipinski definition) is 2.